The molecule has 2 aromatic carbocycles. The Kier molecular flexibility index (Phi) is 6.50. The first-order valence-corrected chi connectivity index (χ1v) is 11.6. The second-order valence-corrected chi connectivity index (χ2v) is 8.08. The van der Waals surface area contributed by atoms with Gasteiger partial charge in [0.2, 0.25) is 0 Å². The van der Waals surface area contributed by atoms with Gasteiger partial charge in [-0.3, -0.25) is 18.7 Å². The Morgan fingerprint density at radius 2 is 1.59 bits per heavy atom. The lowest BCUT2D eigenvalue weighted by molar-refractivity contribution is 0.0972. The number of hydrogen-bond acceptors (Lipinski definition) is 4. The van der Waals surface area contributed by atoms with Crippen LogP contribution in [0.1, 0.15) is 35.1 Å². The Morgan fingerprint density at radius 1 is 0.938 bits per heavy atom. The van der Waals surface area contributed by atoms with Gasteiger partial charge in [0.15, 0.2) is 16.9 Å². The molecule has 4 rings (SSSR count). The summed E-state index contributed by atoms with van der Waals surface area (Å²) in [5.41, 5.74) is 1.23. The average Bonchev–Trinajstić information content (AvgIpc) is 3.19. The first kappa shape index (κ1) is 22.0. The van der Waals surface area contributed by atoms with Crippen LogP contribution in [-0.2, 0) is 25.0 Å². The second-order valence-electron chi connectivity index (χ2n) is 7.52. The van der Waals surface area contributed by atoms with Crippen LogP contribution in [0.3, 0.4) is 0 Å². The number of aromatic nitrogens is 4. The summed E-state index contributed by atoms with van der Waals surface area (Å²) in [7, 11) is 0. The van der Waals surface area contributed by atoms with E-state index in [1.165, 1.54) is 9.13 Å². The van der Waals surface area contributed by atoms with Crippen LogP contribution >= 0.6 is 15.9 Å². The number of carbonyl (C=O) groups is 1. The monoisotopic (exact) mass is 494 g/mol. The lowest BCUT2D eigenvalue weighted by Gasteiger charge is -2.12. The lowest BCUT2D eigenvalue weighted by Crippen LogP contribution is -2.41. The van der Waals surface area contributed by atoms with Gasteiger partial charge in [0.1, 0.15) is 5.82 Å². The van der Waals surface area contributed by atoms with E-state index in [1.807, 2.05) is 43.3 Å². The molecular weight excluding hydrogens is 472 g/mol. The molecule has 4 aromatic rings. The molecule has 7 nitrogen and oxygen atoms in total. The molecular formula is C24H23BrN4O3. The average molecular weight is 495 g/mol. The molecule has 0 bridgehead atoms. The molecule has 0 radical (unpaired) electrons. The zero-order chi connectivity index (χ0) is 22.7. The van der Waals surface area contributed by atoms with Gasteiger partial charge in [-0.2, -0.15) is 0 Å². The summed E-state index contributed by atoms with van der Waals surface area (Å²) in [6.07, 6.45) is 0.633. The zero-order valence-corrected chi connectivity index (χ0v) is 19.3. The van der Waals surface area contributed by atoms with Crippen molar-refractivity contribution < 1.29 is 4.79 Å². The third-order valence-electron chi connectivity index (χ3n) is 5.34. The predicted octanol–water partition coefficient (Wildman–Crippen LogP) is 3.60. The Morgan fingerprint density at radius 3 is 2.22 bits per heavy atom. The Bertz CT molecular complexity index is 1370. The molecule has 0 fully saturated rings. The summed E-state index contributed by atoms with van der Waals surface area (Å²) < 4.78 is 4.40. The number of carbonyl (C=O) groups excluding carboxylic acids is 1. The van der Waals surface area contributed by atoms with Crippen LogP contribution < -0.4 is 11.2 Å². The highest BCUT2D eigenvalue weighted by Crippen LogP contribution is 2.17. The number of Topliss-reactive ketones (excluding diaryl/α,β-unsaturated/α-hetero) is 1. The van der Waals surface area contributed by atoms with Gasteiger partial charge in [0.05, 0.1) is 18.4 Å². The van der Waals surface area contributed by atoms with E-state index >= 15 is 0 Å². The molecule has 32 heavy (non-hydrogen) atoms. The maximum Gasteiger partial charge on any atom is 0.333 e. The van der Waals surface area contributed by atoms with Crippen molar-refractivity contribution in [3.05, 3.63) is 98.5 Å². The number of benzene rings is 2. The van der Waals surface area contributed by atoms with Crippen LogP contribution in [0.15, 0.2) is 70.3 Å². The van der Waals surface area contributed by atoms with Crippen molar-refractivity contribution in [1.29, 1.82) is 0 Å². The van der Waals surface area contributed by atoms with Gasteiger partial charge in [0, 0.05) is 12.1 Å². The first-order chi connectivity index (χ1) is 15.5. The van der Waals surface area contributed by atoms with Crippen molar-refractivity contribution in [2.45, 2.75) is 38.3 Å². The lowest BCUT2D eigenvalue weighted by atomic mass is 10.1. The molecule has 8 heteroatoms. The van der Waals surface area contributed by atoms with Crippen LogP contribution in [0.5, 0.6) is 0 Å². The normalized spacial score (nSPS) is 11.2. The van der Waals surface area contributed by atoms with Crippen LogP contribution in [0.4, 0.5) is 0 Å². The van der Waals surface area contributed by atoms with Crippen LogP contribution in [0.25, 0.3) is 11.2 Å². The minimum atomic E-state index is -0.420. The number of alkyl halides is 1. The topological polar surface area (TPSA) is 78.9 Å². The number of rotatable bonds is 8. The van der Waals surface area contributed by atoms with Crippen LogP contribution in [0, 0.1) is 0 Å². The summed E-state index contributed by atoms with van der Waals surface area (Å²) in [6, 6.07) is 18.5. The highest BCUT2D eigenvalue weighted by molar-refractivity contribution is 9.08. The molecule has 0 aliphatic heterocycles. The second kappa shape index (κ2) is 9.48. The van der Waals surface area contributed by atoms with Crippen molar-refractivity contribution in [1.82, 2.24) is 18.7 Å². The van der Waals surface area contributed by atoms with E-state index in [0.29, 0.717) is 35.3 Å². The maximum atomic E-state index is 13.4. The van der Waals surface area contributed by atoms with Gasteiger partial charge < -0.3 is 4.57 Å². The quantitative estimate of drug-likeness (QED) is 0.277. The first-order valence-electron chi connectivity index (χ1n) is 10.5. The van der Waals surface area contributed by atoms with Gasteiger partial charge >= 0.3 is 5.69 Å². The Balaban J connectivity index is 1.94. The predicted molar refractivity (Wildman–Crippen MR) is 127 cm³/mol. The molecule has 0 saturated heterocycles. The number of hydrogen-bond donors (Lipinski definition) is 0. The van der Waals surface area contributed by atoms with E-state index in [4.69, 9.17) is 0 Å². The number of imidazole rings is 1. The molecule has 164 valence electrons. The molecule has 0 atom stereocenters. The molecule has 0 aliphatic rings. The molecule has 0 saturated carbocycles. The molecule has 0 aliphatic carbocycles. The van der Waals surface area contributed by atoms with E-state index in [1.54, 1.807) is 28.8 Å². The van der Waals surface area contributed by atoms with Gasteiger partial charge in [-0.25, -0.2) is 9.78 Å². The number of halogens is 1. The third kappa shape index (κ3) is 4.10. The summed E-state index contributed by atoms with van der Waals surface area (Å²) in [5.74, 6) is 0.395. The summed E-state index contributed by atoms with van der Waals surface area (Å²) >= 11 is 3.43. The zero-order valence-electron chi connectivity index (χ0n) is 17.7. The molecule has 0 spiro atoms. The fourth-order valence-corrected chi connectivity index (χ4v) is 4.22. The minimum absolute atomic E-state index is 0.0354. The Hall–Kier alpha value is -3.26. The number of ketones is 1. The van der Waals surface area contributed by atoms with E-state index in [2.05, 4.69) is 20.9 Å². The van der Waals surface area contributed by atoms with Gasteiger partial charge in [-0.05, 0) is 12.0 Å². The molecule has 0 N–H and O–H groups in total. The maximum absolute atomic E-state index is 13.4. The third-order valence-corrected chi connectivity index (χ3v) is 5.84. The molecule has 0 amide bonds. The van der Waals surface area contributed by atoms with Crippen molar-refractivity contribution in [2.24, 2.45) is 0 Å². The van der Waals surface area contributed by atoms with Crippen molar-refractivity contribution in [2.75, 3.05) is 0 Å². The summed E-state index contributed by atoms with van der Waals surface area (Å²) in [6.45, 7) is 2.46. The summed E-state index contributed by atoms with van der Waals surface area (Å²) in [4.78, 5) is 44.2. The van der Waals surface area contributed by atoms with E-state index in [0.717, 1.165) is 5.56 Å². The van der Waals surface area contributed by atoms with E-state index < -0.39 is 11.2 Å². The minimum Gasteiger partial charge on any atom is -0.313 e. The standard InChI is InChI=1S/C24H23BrN4O3/c1-2-13-27-23(31)21-22(29(24(27)32)15-17-9-5-3-6-10-17)26-20(14-25)28(21)16-19(30)18-11-7-4-8-12-18/h3-12H,2,13-16H2,1H3. The van der Waals surface area contributed by atoms with Gasteiger partial charge in [-0.1, -0.05) is 83.5 Å². The molecule has 0 unspecified atom stereocenters. The van der Waals surface area contributed by atoms with Gasteiger partial charge in [0.25, 0.3) is 5.56 Å². The number of fused-ring (bicyclic) bond motifs is 1. The van der Waals surface area contributed by atoms with E-state index in [-0.39, 0.29) is 24.4 Å². The fraction of sp³-hybridized carbons (Fsp3) is 0.250. The van der Waals surface area contributed by atoms with Crippen LogP contribution in [-0.4, -0.2) is 24.5 Å². The largest absolute Gasteiger partial charge is 0.333 e. The fourth-order valence-electron chi connectivity index (χ4n) is 3.80. The molecule has 2 aromatic heterocycles. The van der Waals surface area contributed by atoms with Gasteiger partial charge in [-0.15, -0.1) is 0 Å². The summed E-state index contributed by atoms with van der Waals surface area (Å²) in [5, 5.41) is 0.344. The molecule has 2 heterocycles. The number of nitrogens with zero attached hydrogens (tertiary/aromatic N) is 4. The van der Waals surface area contributed by atoms with E-state index in [9.17, 15) is 14.4 Å². The SMILES string of the molecule is CCCn1c(=O)c2c(nc(CBr)n2CC(=O)c2ccccc2)n(Cc2ccccc2)c1=O. The van der Waals surface area contributed by atoms with Crippen molar-refractivity contribution in [3.63, 3.8) is 0 Å². The highest BCUT2D eigenvalue weighted by Gasteiger charge is 2.22. The Labute approximate surface area is 193 Å². The van der Waals surface area contributed by atoms with Crippen molar-refractivity contribution in [3.8, 4) is 0 Å². The van der Waals surface area contributed by atoms with Crippen LogP contribution in [0.2, 0.25) is 0 Å². The van der Waals surface area contributed by atoms with Crippen molar-refractivity contribution >= 4 is 32.9 Å². The highest BCUT2D eigenvalue weighted by atomic mass is 79.9. The smallest absolute Gasteiger partial charge is 0.313 e.